The molecule has 6 aromatic carbocycles. The van der Waals surface area contributed by atoms with Gasteiger partial charge in [-0.05, 0) is 113 Å². The summed E-state index contributed by atoms with van der Waals surface area (Å²) in [6.45, 7) is 33.5. The summed E-state index contributed by atoms with van der Waals surface area (Å²) >= 11 is 0. The van der Waals surface area contributed by atoms with Crippen LogP contribution in [0.15, 0.2) is 158 Å². The summed E-state index contributed by atoms with van der Waals surface area (Å²) in [6, 6.07) is 53.8. The van der Waals surface area contributed by atoms with Gasteiger partial charge in [0.05, 0.1) is 0 Å². The van der Waals surface area contributed by atoms with Crippen LogP contribution < -0.4 is 0 Å². The first-order valence-corrected chi connectivity index (χ1v) is 24.6. The van der Waals surface area contributed by atoms with Gasteiger partial charge in [0, 0.05) is 11.1 Å². The molecule has 348 valence electrons. The summed E-state index contributed by atoms with van der Waals surface area (Å²) in [4.78, 5) is 12.2. The van der Waals surface area contributed by atoms with Crippen LogP contribution in [0.3, 0.4) is 0 Å². The van der Waals surface area contributed by atoms with E-state index in [2.05, 4.69) is 219 Å². The molecular formula is C63H90O. The molecule has 64 heavy (non-hydrogen) atoms. The molecule has 0 aromatic heterocycles. The van der Waals surface area contributed by atoms with Gasteiger partial charge in [-0.1, -0.05) is 262 Å². The van der Waals surface area contributed by atoms with Gasteiger partial charge in [0.25, 0.3) is 0 Å². The number of benzene rings is 6. The maximum Gasteiger partial charge on any atom is 0.193 e. The fourth-order valence-corrected chi connectivity index (χ4v) is 7.06. The van der Waals surface area contributed by atoms with Crippen molar-refractivity contribution < 1.29 is 4.79 Å². The molecule has 0 radical (unpaired) electrons. The zero-order chi connectivity index (χ0) is 47.9. The summed E-state index contributed by atoms with van der Waals surface area (Å²) in [5, 5.41) is 2.76. The topological polar surface area (TPSA) is 17.1 Å². The van der Waals surface area contributed by atoms with Gasteiger partial charge in [-0.15, -0.1) is 0 Å². The van der Waals surface area contributed by atoms with Crippen LogP contribution in [0.5, 0.6) is 0 Å². The highest BCUT2D eigenvalue weighted by atomic mass is 16.1. The van der Waals surface area contributed by atoms with E-state index < -0.39 is 0 Å². The van der Waals surface area contributed by atoms with Crippen LogP contribution in [0.1, 0.15) is 155 Å². The highest BCUT2D eigenvalue weighted by Gasteiger charge is 2.08. The lowest BCUT2D eigenvalue weighted by Crippen LogP contribution is -2.01. The van der Waals surface area contributed by atoms with E-state index in [4.69, 9.17) is 0 Å². The highest BCUT2D eigenvalue weighted by molar-refractivity contribution is 6.08. The molecule has 1 heteroatoms. The van der Waals surface area contributed by atoms with E-state index in [0.717, 1.165) is 53.1 Å². The molecule has 6 rings (SSSR count). The average Bonchev–Trinajstić information content (AvgIpc) is 3.24. The van der Waals surface area contributed by atoms with Crippen LogP contribution in [0.4, 0.5) is 0 Å². The molecule has 1 nitrogen and oxygen atoms in total. The number of hydrogen-bond donors (Lipinski definition) is 0. The van der Waals surface area contributed by atoms with E-state index in [1.165, 1.54) is 65.1 Å². The minimum atomic E-state index is 0.0895. The molecule has 0 fully saturated rings. The molecule has 0 saturated heterocycles. The predicted octanol–water partition coefficient (Wildman–Crippen LogP) is 18.7. The van der Waals surface area contributed by atoms with Gasteiger partial charge in [0.15, 0.2) is 5.78 Å². The fraction of sp³-hybridized carbons (Fsp3) is 0.444. The quantitative estimate of drug-likeness (QED) is 0.106. The molecule has 0 heterocycles. The Labute approximate surface area is 394 Å². The van der Waals surface area contributed by atoms with Crippen LogP contribution >= 0.6 is 0 Å². The number of rotatable bonds is 13. The second-order valence-electron chi connectivity index (χ2n) is 20.5. The Hall–Kier alpha value is -4.75. The van der Waals surface area contributed by atoms with Crippen molar-refractivity contribution in [3.05, 3.63) is 191 Å². The van der Waals surface area contributed by atoms with Crippen molar-refractivity contribution in [3.8, 4) is 0 Å². The molecule has 0 atom stereocenters. The van der Waals surface area contributed by atoms with Crippen molar-refractivity contribution in [2.45, 2.75) is 142 Å². The second-order valence-corrected chi connectivity index (χ2v) is 20.5. The molecule has 0 bridgehead atoms. The number of fused-ring (bicyclic) bond motifs is 1. The smallest absolute Gasteiger partial charge is 0.193 e. The summed E-state index contributed by atoms with van der Waals surface area (Å²) in [7, 11) is 0. The van der Waals surface area contributed by atoms with Crippen LogP contribution in [-0.4, -0.2) is 5.78 Å². The Morgan fingerprint density at radius 2 is 0.750 bits per heavy atom. The molecule has 0 saturated carbocycles. The second kappa shape index (κ2) is 33.7. The Morgan fingerprint density at radius 1 is 0.359 bits per heavy atom. The van der Waals surface area contributed by atoms with E-state index in [1.54, 1.807) is 0 Å². The van der Waals surface area contributed by atoms with E-state index >= 15 is 0 Å². The largest absolute Gasteiger partial charge is 0.289 e. The van der Waals surface area contributed by atoms with Crippen LogP contribution in [-0.2, 0) is 25.7 Å². The Morgan fingerprint density at radius 3 is 1.19 bits per heavy atom. The van der Waals surface area contributed by atoms with Crippen LogP contribution in [0.25, 0.3) is 10.8 Å². The van der Waals surface area contributed by atoms with E-state index in [0.29, 0.717) is 5.92 Å². The lowest BCUT2D eigenvalue weighted by atomic mass is 9.97. The van der Waals surface area contributed by atoms with Crippen molar-refractivity contribution in [2.75, 3.05) is 0 Å². The maximum atomic E-state index is 12.2. The summed E-state index contributed by atoms with van der Waals surface area (Å²) in [5.74, 6) is 5.62. The lowest BCUT2D eigenvalue weighted by Gasteiger charge is -2.08. The third-order valence-corrected chi connectivity index (χ3v) is 9.69. The minimum absolute atomic E-state index is 0.0895. The molecular weight excluding hydrogens is 773 g/mol. The number of hydrogen-bond acceptors (Lipinski definition) is 1. The normalized spacial score (nSPS) is 10.6. The zero-order valence-corrected chi connectivity index (χ0v) is 43.2. The number of aryl methyl sites for hydroxylation is 1. The van der Waals surface area contributed by atoms with Gasteiger partial charge < -0.3 is 0 Å². The zero-order valence-electron chi connectivity index (χ0n) is 43.2. The van der Waals surface area contributed by atoms with Gasteiger partial charge in [-0.25, -0.2) is 0 Å². The van der Waals surface area contributed by atoms with Gasteiger partial charge in [-0.2, -0.15) is 0 Å². The Kier molecular flexibility index (Phi) is 30.2. The summed E-state index contributed by atoms with van der Waals surface area (Å²) in [5.41, 5.74) is 7.16. The molecule has 6 aromatic rings. The van der Waals surface area contributed by atoms with Gasteiger partial charge in [0.1, 0.15) is 0 Å². The number of carbonyl (C=O) groups is 1. The summed E-state index contributed by atoms with van der Waals surface area (Å²) < 4.78 is 0. The molecule has 0 aliphatic heterocycles. The summed E-state index contributed by atoms with van der Waals surface area (Å²) in [6.07, 6.45) is 7.30. The van der Waals surface area contributed by atoms with Gasteiger partial charge >= 0.3 is 0 Å². The number of ketones is 1. The first-order chi connectivity index (χ1) is 30.4. The van der Waals surface area contributed by atoms with Crippen molar-refractivity contribution in [3.63, 3.8) is 0 Å². The van der Waals surface area contributed by atoms with Crippen molar-refractivity contribution >= 4 is 16.6 Å². The monoisotopic (exact) mass is 863 g/mol. The predicted molar refractivity (Wildman–Crippen MR) is 287 cm³/mol. The highest BCUT2D eigenvalue weighted by Crippen LogP contribution is 2.21. The molecule has 0 unspecified atom stereocenters. The molecule has 0 aliphatic carbocycles. The third-order valence-electron chi connectivity index (χ3n) is 9.69. The Balaban J connectivity index is 0.000000404. The standard InChI is InChI=1S/C17H18O.C14H16.C11H16.C10H14.C7H16.C4H10/c1-13(2)12-14-8-10-16(11-9-14)17(18)15-6-4-3-5-7-15;1-11(2)10-13-8-5-7-12-6-3-4-9-14(12)13;1-10(2)8-9-11-6-4-3-5-7-11;1-9(2)8-10-6-4-3-5-7-10;1-6(2)5-7(3)4;1-4(2)3/h3-11,13H,12H2,1-2H3;3-9,11H,10H2,1-2H3;3-7,10H,8-9H2,1-2H3;3-7,9H,8H2,1-2H3;6-7H,5H2,1-4H3;4H,1-3H3. The van der Waals surface area contributed by atoms with E-state index in [1.807, 2.05) is 42.5 Å². The van der Waals surface area contributed by atoms with Crippen molar-refractivity contribution in [2.24, 2.45) is 41.4 Å². The lowest BCUT2D eigenvalue weighted by molar-refractivity contribution is 0.103. The minimum Gasteiger partial charge on any atom is -0.289 e. The van der Waals surface area contributed by atoms with Gasteiger partial charge in [-0.3, -0.25) is 4.79 Å². The average molecular weight is 863 g/mol. The first kappa shape index (κ1) is 57.3. The molecule has 0 amide bonds. The van der Waals surface area contributed by atoms with Gasteiger partial charge in [0.2, 0.25) is 0 Å². The van der Waals surface area contributed by atoms with Crippen LogP contribution in [0, 0.1) is 41.4 Å². The Bertz CT molecular complexity index is 1990. The molecule has 0 N–H and O–H groups in total. The van der Waals surface area contributed by atoms with Crippen molar-refractivity contribution in [1.29, 1.82) is 0 Å². The molecule has 0 aliphatic rings. The first-order valence-electron chi connectivity index (χ1n) is 24.6. The number of carbonyl (C=O) groups excluding carboxylic acids is 1. The maximum absolute atomic E-state index is 12.2. The van der Waals surface area contributed by atoms with Crippen molar-refractivity contribution in [1.82, 2.24) is 0 Å². The third kappa shape index (κ3) is 28.8. The van der Waals surface area contributed by atoms with E-state index in [-0.39, 0.29) is 5.78 Å². The molecule has 0 spiro atoms. The SMILES string of the molecule is CC(C)C.CC(C)CC(C)C.CC(C)CCc1ccccc1.CC(C)Cc1ccc(C(=O)c2ccccc2)cc1.CC(C)Cc1cccc2ccccc12.CC(C)Cc1ccccc1. The van der Waals surface area contributed by atoms with Crippen LogP contribution in [0.2, 0.25) is 0 Å². The van der Waals surface area contributed by atoms with E-state index in [9.17, 15) is 4.79 Å². The fourth-order valence-electron chi connectivity index (χ4n) is 7.06.